The number of para-hydroxylation sites is 1. The Morgan fingerprint density at radius 1 is 1.35 bits per heavy atom. The van der Waals surface area contributed by atoms with Crippen molar-refractivity contribution in [3.05, 3.63) is 41.5 Å². The fourth-order valence-electron chi connectivity index (χ4n) is 2.47. The van der Waals surface area contributed by atoms with Crippen molar-refractivity contribution in [3.63, 3.8) is 0 Å². The van der Waals surface area contributed by atoms with Crippen LogP contribution in [0.1, 0.15) is 23.2 Å². The molecule has 0 saturated carbocycles. The SMILES string of the molecule is CN(C)CCc1noc(C2CNc3ccccc3C2)n1. The van der Waals surface area contributed by atoms with Gasteiger partial charge >= 0.3 is 0 Å². The van der Waals surface area contributed by atoms with Gasteiger partial charge in [0.05, 0.1) is 5.92 Å². The Morgan fingerprint density at radius 3 is 3.05 bits per heavy atom. The van der Waals surface area contributed by atoms with Gasteiger partial charge in [-0.1, -0.05) is 23.4 Å². The lowest BCUT2D eigenvalue weighted by atomic mass is 9.94. The number of hydrogen-bond donors (Lipinski definition) is 1. The van der Waals surface area contributed by atoms with E-state index in [9.17, 15) is 0 Å². The van der Waals surface area contributed by atoms with Crippen molar-refractivity contribution in [2.75, 3.05) is 32.5 Å². The first-order valence-electron chi connectivity index (χ1n) is 7.01. The molecule has 5 heteroatoms. The first-order valence-corrected chi connectivity index (χ1v) is 7.01. The van der Waals surface area contributed by atoms with E-state index in [0.29, 0.717) is 0 Å². The molecule has 0 radical (unpaired) electrons. The lowest BCUT2D eigenvalue weighted by Crippen LogP contribution is -2.21. The summed E-state index contributed by atoms with van der Waals surface area (Å²) >= 11 is 0. The van der Waals surface area contributed by atoms with E-state index >= 15 is 0 Å². The minimum absolute atomic E-state index is 0.269. The van der Waals surface area contributed by atoms with E-state index in [1.165, 1.54) is 11.3 Å². The van der Waals surface area contributed by atoms with E-state index in [-0.39, 0.29) is 5.92 Å². The maximum atomic E-state index is 5.43. The van der Waals surface area contributed by atoms with Crippen LogP contribution in [0, 0.1) is 0 Å². The minimum Gasteiger partial charge on any atom is -0.384 e. The second-order valence-corrected chi connectivity index (χ2v) is 5.54. The van der Waals surface area contributed by atoms with Gasteiger partial charge in [0.1, 0.15) is 0 Å². The highest BCUT2D eigenvalue weighted by Crippen LogP contribution is 2.29. The van der Waals surface area contributed by atoms with Crippen LogP contribution in [-0.2, 0) is 12.8 Å². The van der Waals surface area contributed by atoms with Gasteiger partial charge in [-0.2, -0.15) is 4.98 Å². The van der Waals surface area contributed by atoms with Crippen molar-refractivity contribution in [2.24, 2.45) is 0 Å². The molecule has 5 nitrogen and oxygen atoms in total. The number of hydrogen-bond acceptors (Lipinski definition) is 5. The van der Waals surface area contributed by atoms with Crippen LogP contribution in [0.5, 0.6) is 0 Å². The molecule has 0 saturated heterocycles. The van der Waals surface area contributed by atoms with E-state index in [4.69, 9.17) is 4.52 Å². The lowest BCUT2D eigenvalue weighted by Gasteiger charge is -2.23. The van der Waals surface area contributed by atoms with Gasteiger partial charge in [-0.25, -0.2) is 0 Å². The largest absolute Gasteiger partial charge is 0.384 e. The third-order valence-electron chi connectivity index (χ3n) is 3.64. The average Bonchev–Trinajstić information content (AvgIpc) is 2.93. The highest BCUT2D eigenvalue weighted by molar-refractivity contribution is 5.53. The molecule has 2 heterocycles. The summed E-state index contributed by atoms with van der Waals surface area (Å²) in [5, 5.41) is 7.51. The Balaban J connectivity index is 1.69. The fourth-order valence-corrected chi connectivity index (χ4v) is 2.47. The highest BCUT2D eigenvalue weighted by atomic mass is 16.5. The molecule has 0 spiro atoms. The third kappa shape index (κ3) is 2.82. The molecular weight excluding hydrogens is 252 g/mol. The lowest BCUT2D eigenvalue weighted by molar-refractivity contribution is 0.346. The Bertz CT molecular complexity index is 579. The number of fused-ring (bicyclic) bond motifs is 1. The molecule has 106 valence electrons. The van der Waals surface area contributed by atoms with E-state index in [1.807, 2.05) is 14.1 Å². The number of nitrogens with one attached hydrogen (secondary N) is 1. The van der Waals surface area contributed by atoms with E-state index in [1.54, 1.807) is 0 Å². The Labute approximate surface area is 119 Å². The Morgan fingerprint density at radius 2 is 2.20 bits per heavy atom. The van der Waals surface area contributed by atoms with Crippen molar-refractivity contribution in [1.29, 1.82) is 0 Å². The molecular formula is C15H20N4O. The summed E-state index contributed by atoms with van der Waals surface area (Å²) in [5.41, 5.74) is 2.54. The number of rotatable bonds is 4. The molecule has 3 rings (SSSR count). The molecule has 1 unspecified atom stereocenters. The van der Waals surface area contributed by atoms with E-state index in [2.05, 4.69) is 44.6 Å². The zero-order chi connectivity index (χ0) is 13.9. The standard InChI is InChI=1S/C15H20N4O/c1-19(2)8-7-14-17-15(20-18-14)12-9-11-5-3-4-6-13(11)16-10-12/h3-6,12,16H,7-10H2,1-2H3. The summed E-state index contributed by atoms with van der Waals surface area (Å²) in [6.07, 6.45) is 1.78. The van der Waals surface area contributed by atoms with Crippen molar-refractivity contribution in [1.82, 2.24) is 15.0 Å². The molecule has 1 aromatic carbocycles. The van der Waals surface area contributed by atoms with Crippen molar-refractivity contribution in [3.8, 4) is 0 Å². The van der Waals surface area contributed by atoms with Crippen LogP contribution >= 0.6 is 0 Å². The van der Waals surface area contributed by atoms with Crippen LogP contribution in [-0.4, -0.2) is 42.2 Å². The smallest absolute Gasteiger partial charge is 0.231 e. The van der Waals surface area contributed by atoms with Gasteiger partial charge in [-0.05, 0) is 32.1 Å². The minimum atomic E-state index is 0.269. The van der Waals surface area contributed by atoms with Gasteiger partial charge in [0.15, 0.2) is 5.82 Å². The van der Waals surface area contributed by atoms with Gasteiger partial charge in [-0.15, -0.1) is 0 Å². The van der Waals surface area contributed by atoms with Crippen LogP contribution in [0.15, 0.2) is 28.8 Å². The molecule has 20 heavy (non-hydrogen) atoms. The van der Waals surface area contributed by atoms with E-state index < -0.39 is 0 Å². The normalized spacial score (nSPS) is 17.9. The number of benzene rings is 1. The fraction of sp³-hybridized carbons (Fsp3) is 0.467. The van der Waals surface area contributed by atoms with Crippen molar-refractivity contribution < 1.29 is 4.52 Å². The van der Waals surface area contributed by atoms with Crippen LogP contribution in [0.25, 0.3) is 0 Å². The molecule has 0 aliphatic carbocycles. The van der Waals surface area contributed by atoms with Gasteiger partial charge < -0.3 is 14.7 Å². The highest BCUT2D eigenvalue weighted by Gasteiger charge is 2.24. The van der Waals surface area contributed by atoms with Crippen LogP contribution in [0.3, 0.4) is 0 Å². The second kappa shape index (κ2) is 5.63. The van der Waals surface area contributed by atoms with Gasteiger partial charge in [0.25, 0.3) is 0 Å². The van der Waals surface area contributed by atoms with Crippen LogP contribution < -0.4 is 5.32 Å². The molecule has 1 N–H and O–H groups in total. The maximum Gasteiger partial charge on any atom is 0.231 e. The van der Waals surface area contributed by atoms with Gasteiger partial charge in [0.2, 0.25) is 5.89 Å². The molecule has 1 aromatic heterocycles. The first-order chi connectivity index (χ1) is 9.72. The monoisotopic (exact) mass is 272 g/mol. The summed E-state index contributed by atoms with van der Waals surface area (Å²) in [4.78, 5) is 6.65. The number of nitrogens with zero attached hydrogens (tertiary/aromatic N) is 3. The predicted octanol–water partition coefficient (Wildman–Crippen LogP) is 1.93. The zero-order valence-electron chi connectivity index (χ0n) is 12.0. The van der Waals surface area contributed by atoms with Gasteiger partial charge in [0, 0.05) is 25.2 Å². The molecule has 0 bridgehead atoms. The topological polar surface area (TPSA) is 54.2 Å². The third-order valence-corrected chi connectivity index (χ3v) is 3.64. The molecule has 1 aliphatic heterocycles. The Kier molecular flexibility index (Phi) is 3.69. The number of likely N-dealkylation sites (N-methyl/N-ethyl adjacent to an activating group) is 1. The number of anilines is 1. The summed E-state index contributed by atoms with van der Waals surface area (Å²) in [6.45, 7) is 1.79. The second-order valence-electron chi connectivity index (χ2n) is 5.54. The van der Waals surface area contributed by atoms with Crippen LogP contribution in [0.2, 0.25) is 0 Å². The maximum absolute atomic E-state index is 5.43. The summed E-state index contributed by atoms with van der Waals surface area (Å²) in [6, 6.07) is 8.39. The molecule has 1 aliphatic rings. The van der Waals surface area contributed by atoms with E-state index in [0.717, 1.165) is 37.6 Å². The summed E-state index contributed by atoms with van der Waals surface area (Å²) < 4.78 is 5.43. The molecule has 1 atom stereocenters. The first kappa shape index (κ1) is 13.1. The quantitative estimate of drug-likeness (QED) is 0.921. The molecule has 2 aromatic rings. The zero-order valence-corrected chi connectivity index (χ0v) is 12.0. The Hall–Kier alpha value is -1.88. The predicted molar refractivity (Wildman–Crippen MR) is 77.9 cm³/mol. The number of aromatic nitrogens is 2. The van der Waals surface area contributed by atoms with Gasteiger partial charge in [-0.3, -0.25) is 0 Å². The summed E-state index contributed by atoms with van der Waals surface area (Å²) in [7, 11) is 4.09. The van der Waals surface area contributed by atoms with Crippen molar-refractivity contribution in [2.45, 2.75) is 18.8 Å². The molecule has 0 amide bonds. The van der Waals surface area contributed by atoms with Crippen molar-refractivity contribution >= 4 is 5.69 Å². The van der Waals surface area contributed by atoms with Crippen LogP contribution in [0.4, 0.5) is 5.69 Å². The molecule has 0 fully saturated rings. The average molecular weight is 272 g/mol. The summed E-state index contributed by atoms with van der Waals surface area (Å²) in [5.74, 6) is 1.82.